The molecule has 0 saturated carbocycles. The number of hydrogen-bond acceptors (Lipinski definition) is 44. The quantitative estimate of drug-likeness (QED) is 0.0501. The molecule has 2 bridgehead atoms. The van der Waals surface area contributed by atoms with Crippen LogP contribution in [0, 0.1) is 0 Å². The molecule has 112 heavy (non-hydrogen) atoms. The van der Waals surface area contributed by atoms with Crippen LogP contribution in [0.25, 0.3) is 11.1 Å². The first-order chi connectivity index (χ1) is 52.8. The van der Waals surface area contributed by atoms with Gasteiger partial charge in [-0.15, -0.1) is 0 Å². The van der Waals surface area contributed by atoms with Crippen molar-refractivity contribution in [3.05, 3.63) is 117 Å². The van der Waals surface area contributed by atoms with Crippen LogP contribution >= 0.6 is 0 Å². The Balaban J connectivity index is 0.993. The largest absolute Gasteiger partial charge is 0.504 e. The topological polar surface area (TPSA) is 733 Å². The molecule has 10 atom stereocenters. The fraction of sp³-hybridized carbons (Fsp3) is 0.176. The summed E-state index contributed by atoms with van der Waals surface area (Å²) in [4.78, 5) is 116. The summed E-state index contributed by atoms with van der Waals surface area (Å²) in [5, 5.41) is 260. The first-order valence-corrected chi connectivity index (χ1v) is 31.1. The van der Waals surface area contributed by atoms with Crippen molar-refractivity contribution in [1.29, 1.82) is 0 Å². The summed E-state index contributed by atoms with van der Waals surface area (Å²) < 4.78 is 67.5. The molecule has 44 heteroatoms. The third-order valence-corrected chi connectivity index (χ3v) is 17.1. The van der Waals surface area contributed by atoms with Gasteiger partial charge in [0, 0.05) is 23.3 Å². The van der Waals surface area contributed by atoms with Crippen LogP contribution in [0.5, 0.6) is 149 Å². The number of phenolic OH excluding ortho intramolecular Hbond substituents is 22. The minimum atomic E-state index is -2.93. The second kappa shape index (κ2) is 28.7. The van der Waals surface area contributed by atoms with Crippen LogP contribution in [0.4, 0.5) is 0 Å². The van der Waals surface area contributed by atoms with E-state index in [9.17, 15) is 156 Å². The minimum Gasteiger partial charge on any atom is -0.504 e. The zero-order chi connectivity index (χ0) is 81.6. The van der Waals surface area contributed by atoms with E-state index in [1.54, 1.807) is 0 Å². The zero-order valence-electron chi connectivity index (χ0n) is 55.0. The number of hydrogen-bond donors (Lipinski definition) is 24. The van der Waals surface area contributed by atoms with Crippen LogP contribution in [0.1, 0.15) is 82.9 Å². The fourth-order valence-corrected chi connectivity index (χ4v) is 11.6. The van der Waals surface area contributed by atoms with E-state index in [0.717, 1.165) is 0 Å². The number of fused-ring (bicyclic) bond motifs is 8. The van der Waals surface area contributed by atoms with E-state index in [4.69, 9.17) is 56.8 Å². The molecule has 5 aliphatic rings. The third-order valence-electron chi connectivity index (χ3n) is 17.1. The number of aliphatic hydroxyl groups is 2. The summed E-state index contributed by atoms with van der Waals surface area (Å²) in [6.45, 7) is -2.77. The van der Waals surface area contributed by atoms with Crippen molar-refractivity contribution in [3.8, 4) is 161 Å². The van der Waals surface area contributed by atoms with Crippen molar-refractivity contribution in [2.24, 2.45) is 0 Å². The molecule has 5 aliphatic heterocycles. The summed E-state index contributed by atoms with van der Waals surface area (Å²) in [5.74, 6) is -52.2. The Kier molecular flexibility index (Phi) is 19.5. The van der Waals surface area contributed by atoms with Crippen LogP contribution in [0.2, 0.25) is 0 Å². The van der Waals surface area contributed by atoms with Gasteiger partial charge in [-0.05, 0) is 60.7 Å². The second-order valence-electron chi connectivity index (χ2n) is 24.1. The number of cyclic esters (lactones) is 1. The lowest BCUT2D eigenvalue weighted by Crippen LogP contribution is -2.63. The van der Waals surface area contributed by atoms with Crippen molar-refractivity contribution in [1.82, 2.24) is 0 Å². The maximum absolute atomic E-state index is 15.5. The van der Waals surface area contributed by atoms with Crippen LogP contribution in [0.15, 0.2) is 72.8 Å². The molecule has 0 amide bonds. The number of carbonyl (C=O) groups is 8. The average molecular weight is 1570 g/mol. The number of aromatic hydroxyl groups is 22. The first kappa shape index (κ1) is 76.2. The van der Waals surface area contributed by atoms with Gasteiger partial charge in [0.2, 0.25) is 65.0 Å². The SMILES string of the molecule is O=C(OC1OC(CO)C(O)C(OC(=O)c2cc(O)c(O)c(O)c2)C1OC(=O)c1cc(O)c(O)c(O)c1Oc1cc2c(c(O)c1O)Oc1ccc(c(O)c1O)C(=O)OC1OC3COC(=O)c4cc(O)c(O)c(O)c4-c4c(cc(O)c(O)c4O)C(=O)OC3C(OC(=O)c3cc(O)c(O)c(O)c3)C1OC2=O)c1cc(O)c(O)c(O)c1. The van der Waals surface area contributed by atoms with E-state index in [1.807, 2.05) is 0 Å². The highest BCUT2D eigenvalue weighted by Gasteiger charge is 2.57. The van der Waals surface area contributed by atoms with Gasteiger partial charge in [0.1, 0.15) is 41.6 Å². The van der Waals surface area contributed by atoms with Crippen LogP contribution in [0.3, 0.4) is 0 Å². The highest BCUT2D eigenvalue weighted by atomic mass is 16.8. The number of phenols is 22. The monoisotopic (exact) mass is 1570 g/mol. The standard InChI is InChI=1S/C68H50O44/c69-13-34-47(88)55(107-59(93)15-3-23(70)39(80)24(71)4-15)57(67(104-34)111-61(95)17-7-27(74)41(82)28(75)8-17)109-65(99)21-11-31(78)44(85)50(91)52(21)103-33-12-22-53(51(92)46(33)87)102-32-2-1-18(38(79)45(32)86)63(97)112-68-58(110-66(22)100)56(108-60(94)16-5-25(72)40(81)26(73)6-16)54-35(105-68)14-101-62(96)19-9-29(76)42(83)48(89)36(19)37-20(64(98)106-54)10-30(77)43(84)49(37)90/h1-12,34-35,47,54-58,67-92H,13-14H2. The molecule has 10 unspecified atom stereocenters. The Bertz CT molecular complexity index is 5290. The van der Waals surface area contributed by atoms with E-state index in [-0.39, 0.29) is 12.1 Å². The van der Waals surface area contributed by atoms with Gasteiger partial charge in [0.05, 0.1) is 34.4 Å². The number of rotatable bonds is 11. The molecular weight excluding hydrogens is 1520 g/mol. The van der Waals surface area contributed by atoms with E-state index in [1.165, 1.54) is 0 Å². The first-order valence-electron chi connectivity index (χ1n) is 31.1. The molecule has 13 rings (SSSR count). The van der Waals surface area contributed by atoms with Gasteiger partial charge in [-0.2, -0.15) is 0 Å². The van der Waals surface area contributed by atoms with E-state index in [0.29, 0.717) is 60.7 Å². The Hall–Kier alpha value is -15.4. The number of esters is 8. The molecule has 8 aromatic carbocycles. The Morgan fingerprint density at radius 2 is 0.839 bits per heavy atom. The van der Waals surface area contributed by atoms with Crippen molar-refractivity contribution >= 4 is 47.8 Å². The lowest BCUT2D eigenvalue weighted by Gasteiger charge is -2.43. The van der Waals surface area contributed by atoms with Crippen molar-refractivity contribution in [2.75, 3.05) is 13.2 Å². The summed E-state index contributed by atoms with van der Waals surface area (Å²) in [6, 6.07) is 5.05. The second-order valence-corrected chi connectivity index (χ2v) is 24.1. The molecular formula is C68H50O44. The maximum Gasteiger partial charge on any atom is 0.344 e. The van der Waals surface area contributed by atoms with Crippen molar-refractivity contribution < 1.29 is 218 Å². The van der Waals surface area contributed by atoms with Gasteiger partial charge in [0.25, 0.3) is 0 Å². The predicted octanol–water partition coefficient (Wildman–Crippen LogP) is 2.19. The van der Waals surface area contributed by atoms with Crippen molar-refractivity contribution in [2.45, 2.75) is 61.4 Å². The van der Waals surface area contributed by atoms with Gasteiger partial charge >= 0.3 is 47.8 Å². The molecule has 0 radical (unpaired) electrons. The molecule has 8 aromatic rings. The van der Waals surface area contributed by atoms with Crippen LogP contribution in [-0.2, 0) is 47.4 Å². The highest BCUT2D eigenvalue weighted by Crippen LogP contribution is 2.57. The molecule has 2 fully saturated rings. The smallest absolute Gasteiger partial charge is 0.344 e. The number of ether oxygens (including phenoxy) is 12. The van der Waals surface area contributed by atoms with Gasteiger partial charge in [-0.3, -0.25) is 0 Å². The normalized spacial score (nSPS) is 20.6. The van der Waals surface area contributed by atoms with E-state index >= 15 is 4.79 Å². The van der Waals surface area contributed by atoms with Crippen molar-refractivity contribution in [3.63, 3.8) is 0 Å². The van der Waals surface area contributed by atoms with Gasteiger partial charge in [0.15, 0.2) is 128 Å². The van der Waals surface area contributed by atoms with Gasteiger partial charge in [-0.1, -0.05) is 0 Å². The molecule has 2 saturated heterocycles. The van der Waals surface area contributed by atoms with E-state index < -0.39 is 328 Å². The Morgan fingerprint density at radius 3 is 1.37 bits per heavy atom. The zero-order valence-corrected chi connectivity index (χ0v) is 55.0. The summed E-state index contributed by atoms with van der Waals surface area (Å²) >= 11 is 0. The van der Waals surface area contributed by atoms with Crippen LogP contribution in [-0.4, -0.2) is 245 Å². The Morgan fingerprint density at radius 1 is 0.393 bits per heavy atom. The fourth-order valence-electron chi connectivity index (χ4n) is 11.6. The molecule has 0 aliphatic carbocycles. The molecule has 0 spiro atoms. The van der Waals surface area contributed by atoms with E-state index in [2.05, 4.69) is 0 Å². The summed E-state index contributed by atoms with van der Waals surface area (Å²) in [6.07, 6.45) is -26.4. The average Bonchev–Trinajstić information content (AvgIpc) is 0.804. The number of aliphatic hydroxyl groups excluding tert-OH is 2. The molecule has 586 valence electrons. The molecule has 24 N–H and O–H groups in total. The van der Waals surface area contributed by atoms with Crippen LogP contribution < -0.4 is 9.47 Å². The molecule has 0 aromatic heterocycles. The molecule has 5 heterocycles. The molecule has 44 nitrogen and oxygen atoms in total. The Labute approximate surface area is 616 Å². The highest BCUT2D eigenvalue weighted by molar-refractivity contribution is 6.09. The lowest BCUT2D eigenvalue weighted by molar-refractivity contribution is -0.283. The summed E-state index contributed by atoms with van der Waals surface area (Å²) in [5.41, 5.74) is -11.6. The van der Waals surface area contributed by atoms with Gasteiger partial charge < -0.3 is 179 Å². The summed E-state index contributed by atoms with van der Waals surface area (Å²) in [7, 11) is 0. The third kappa shape index (κ3) is 13.4. The maximum atomic E-state index is 15.5. The van der Waals surface area contributed by atoms with Gasteiger partial charge in [-0.25, -0.2) is 38.4 Å². The lowest BCUT2D eigenvalue weighted by atomic mass is 9.92. The predicted molar refractivity (Wildman–Crippen MR) is 345 cm³/mol. The number of carbonyl (C=O) groups excluding carboxylic acids is 8. The minimum absolute atomic E-state index is 0.167. The number of benzene rings is 8.